The highest BCUT2D eigenvalue weighted by molar-refractivity contribution is 9.10. The number of likely N-dealkylation sites (N-methyl/N-ethyl adjacent to an activating group) is 2. The van der Waals surface area contributed by atoms with Gasteiger partial charge in [-0.15, -0.1) is 0 Å². The number of nitrogen functional groups attached to an aromatic ring is 1. The van der Waals surface area contributed by atoms with Crippen molar-refractivity contribution in [1.29, 1.82) is 0 Å². The Morgan fingerprint density at radius 3 is 2.45 bits per heavy atom. The summed E-state index contributed by atoms with van der Waals surface area (Å²) in [6, 6.07) is 4.55. The van der Waals surface area contributed by atoms with Crippen LogP contribution in [0.3, 0.4) is 0 Å². The molecule has 0 bridgehead atoms. The van der Waals surface area contributed by atoms with Crippen molar-refractivity contribution >= 4 is 37.5 Å². The number of carbonyl (C=O) groups is 1. The van der Waals surface area contributed by atoms with Gasteiger partial charge < -0.3 is 10.6 Å². The molecule has 0 unspecified atom stereocenters. The van der Waals surface area contributed by atoms with E-state index in [1.165, 1.54) is 11.0 Å². The van der Waals surface area contributed by atoms with Crippen LogP contribution in [-0.4, -0.2) is 50.7 Å². The second kappa shape index (κ2) is 6.55. The first kappa shape index (κ1) is 16.9. The third-order valence-corrected chi connectivity index (χ3v) is 5.65. The number of carbonyl (C=O) groups excluding carboxylic acids is 1. The highest BCUT2D eigenvalue weighted by atomic mass is 79.9. The van der Waals surface area contributed by atoms with Gasteiger partial charge in [-0.1, -0.05) is 6.92 Å². The average molecular weight is 364 g/mol. The molecule has 0 spiro atoms. The molecule has 6 nitrogen and oxygen atoms in total. The van der Waals surface area contributed by atoms with E-state index in [-0.39, 0.29) is 23.9 Å². The molecule has 0 heterocycles. The summed E-state index contributed by atoms with van der Waals surface area (Å²) in [5.41, 5.74) is 5.99. The van der Waals surface area contributed by atoms with E-state index in [1.807, 2.05) is 0 Å². The van der Waals surface area contributed by atoms with Gasteiger partial charge in [0.05, 0.1) is 11.4 Å². The summed E-state index contributed by atoms with van der Waals surface area (Å²) in [5, 5.41) is 0. The molecule has 1 rings (SSSR count). The molecule has 0 aliphatic rings. The summed E-state index contributed by atoms with van der Waals surface area (Å²) in [6.07, 6.45) is 0. The number of hydrogen-bond donors (Lipinski definition) is 1. The molecule has 0 aliphatic carbocycles. The minimum Gasteiger partial charge on any atom is -0.399 e. The maximum atomic E-state index is 12.6. The van der Waals surface area contributed by atoms with E-state index in [0.29, 0.717) is 10.2 Å². The molecule has 1 amide bonds. The molecule has 0 aromatic heterocycles. The normalized spacial score (nSPS) is 11.7. The third-order valence-electron chi connectivity index (χ3n) is 2.74. The van der Waals surface area contributed by atoms with Crippen LogP contribution in [-0.2, 0) is 14.8 Å². The SMILES string of the molecule is CCN(CC(=O)N(C)C)S(=O)(=O)c1cc(N)ccc1Br. The van der Waals surface area contributed by atoms with E-state index in [4.69, 9.17) is 5.73 Å². The number of nitrogens with two attached hydrogens (primary N) is 1. The van der Waals surface area contributed by atoms with Crippen molar-refractivity contribution in [2.45, 2.75) is 11.8 Å². The quantitative estimate of drug-likeness (QED) is 0.794. The zero-order valence-corrected chi connectivity index (χ0v) is 14.0. The lowest BCUT2D eigenvalue weighted by Gasteiger charge is -2.22. The van der Waals surface area contributed by atoms with Crippen LogP contribution in [0.4, 0.5) is 5.69 Å². The Bertz CT molecular complexity index is 602. The van der Waals surface area contributed by atoms with Gasteiger partial charge in [0, 0.05) is 30.8 Å². The number of sulfonamides is 1. The molecular formula is C12H18BrN3O3S. The van der Waals surface area contributed by atoms with E-state index in [1.54, 1.807) is 33.2 Å². The first-order valence-corrected chi connectivity index (χ1v) is 8.18. The van der Waals surface area contributed by atoms with Crippen LogP contribution in [0.15, 0.2) is 27.6 Å². The molecule has 8 heteroatoms. The molecule has 0 fully saturated rings. The van der Waals surface area contributed by atoms with Gasteiger partial charge in [0.25, 0.3) is 0 Å². The van der Waals surface area contributed by atoms with Crippen molar-refractivity contribution in [3.8, 4) is 0 Å². The van der Waals surface area contributed by atoms with Gasteiger partial charge in [-0.2, -0.15) is 4.31 Å². The fraction of sp³-hybridized carbons (Fsp3) is 0.417. The van der Waals surface area contributed by atoms with Crippen molar-refractivity contribution in [2.24, 2.45) is 0 Å². The topological polar surface area (TPSA) is 83.7 Å². The molecule has 0 saturated heterocycles. The van der Waals surface area contributed by atoms with Gasteiger partial charge in [-0.3, -0.25) is 4.79 Å². The summed E-state index contributed by atoms with van der Waals surface area (Å²) >= 11 is 3.20. The zero-order chi connectivity index (χ0) is 15.5. The first-order valence-electron chi connectivity index (χ1n) is 5.95. The van der Waals surface area contributed by atoms with Crippen LogP contribution < -0.4 is 5.73 Å². The standard InChI is InChI=1S/C12H18BrN3O3S/c1-4-16(8-12(17)15(2)3)20(18,19)11-7-9(14)5-6-10(11)13/h5-7H,4,8,14H2,1-3H3. The predicted molar refractivity (Wildman–Crippen MR) is 81.7 cm³/mol. The fourth-order valence-corrected chi connectivity index (χ4v) is 3.87. The molecular weight excluding hydrogens is 346 g/mol. The highest BCUT2D eigenvalue weighted by Gasteiger charge is 2.27. The minimum absolute atomic E-state index is 0.0610. The van der Waals surface area contributed by atoms with Crippen molar-refractivity contribution in [3.05, 3.63) is 22.7 Å². The van der Waals surface area contributed by atoms with Crippen LogP contribution in [0.25, 0.3) is 0 Å². The Morgan fingerprint density at radius 2 is 1.95 bits per heavy atom. The smallest absolute Gasteiger partial charge is 0.244 e. The molecule has 1 aromatic rings. The summed E-state index contributed by atoms with van der Waals surface area (Å²) in [5.74, 6) is -0.282. The number of nitrogens with zero attached hydrogens (tertiary/aromatic N) is 2. The molecule has 20 heavy (non-hydrogen) atoms. The number of anilines is 1. The number of halogens is 1. The van der Waals surface area contributed by atoms with Gasteiger partial charge >= 0.3 is 0 Å². The molecule has 0 aliphatic heterocycles. The number of benzene rings is 1. The molecule has 112 valence electrons. The van der Waals surface area contributed by atoms with Crippen LogP contribution in [0, 0.1) is 0 Å². The number of rotatable bonds is 5. The fourth-order valence-electron chi connectivity index (χ4n) is 1.52. The van der Waals surface area contributed by atoms with Gasteiger partial charge in [-0.25, -0.2) is 8.42 Å². The lowest BCUT2D eigenvalue weighted by molar-refractivity contribution is -0.128. The molecule has 0 saturated carbocycles. The van der Waals surface area contributed by atoms with Crippen LogP contribution >= 0.6 is 15.9 Å². The van der Waals surface area contributed by atoms with Crippen LogP contribution in [0.1, 0.15) is 6.92 Å². The number of amides is 1. The Morgan fingerprint density at radius 1 is 1.35 bits per heavy atom. The van der Waals surface area contributed by atoms with Gasteiger partial charge in [0.2, 0.25) is 15.9 Å². The van der Waals surface area contributed by atoms with E-state index in [2.05, 4.69) is 15.9 Å². The van der Waals surface area contributed by atoms with Gasteiger partial charge in [0.15, 0.2) is 0 Å². The van der Waals surface area contributed by atoms with E-state index in [9.17, 15) is 13.2 Å². The van der Waals surface area contributed by atoms with E-state index < -0.39 is 10.0 Å². The minimum atomic E-state index is -3.77. The Hall–Kier alpha value is -1.12. The van der Waals surface area contributed by atoms with E-state index in [0.717, 1.165) is 4.31 Å². The van der Waals surface area contributed by atoms with Crippen molar-refractivity contribution in [3.63, 3.8) is 0 Å². The van der Waals surface area contributed by atoms with Gasteiger partial charge in [-0.05, 0) is 34.1 Å². The third kappa shape index (κ3) is 3.71. The Labute approximate surface area is 127 Å². The van der Waals surface area contributed by atoms with Crippen molar-refractivity contribution in [1.82, 2.24) is 9.21 Å². The van der Waals surface area contributed by atoms with Crippen molar-refractivity contribution < 1.29 is 13.2 Å². The second-order valence-corrected chi connectivity index (χ2v) is 7.17. The summed E-state index contributed by atoms with van der Waals surface area (Å²) < 4.78 is 26.7. The summed E-state index contributed by atoms with van der Waals surface area (Å²) in [6.45, 7) is 1.68. The molecule has 1 aromatic carbocycles. The predicted octanol–water partition coefficient (Wildman–Crippen LogP) is 1.13. The largest absolute Gasteiger partial charge is 0.399 e. The Balaban J connectivity index is 3.19. The Kier molecular flexibility index (Phi) is 5.55. The lowest BCUT2D eigenvalue weighted by atomic mass is 10.3. The molecule has 2 N–H and O–H groups in total. The number of hydrogen-bond acceptors (Lipinski definition) is 4. The first-order chi connectivity index (χ1) is 9.20. The van der Waals surface area contributed by atoms with Gasteiger partial charge in [0.1, 0.15) is 0 Å². The van der Waals surface area contributed by atoms with Crippen molar-refractivity contribution in [2.75, 3.05) is 32.9 Å². The maximum Gasteiger partial charge on any atom is 0.244 e. The highest BCUT2D eigenvalue weighted by Crippen LogP contribution is 2.27. The summed E-state index contributed by atoms with van der Waals surface area (Å²) in [7, 11) is -0.609. The van der Waals surface area contributed by atoms with Crippen LogP contribution in [0.5, 0.6) is 0 Å². The summed E-state index contributed by atoms with van der Waals surface area (Å²) in [4.78, 5) is 13.1. The lowest BCUT2D eigenvalue weighted by Crippen LogP contribution is -2.40. The monoisotopic (exact) mass is 363 g/mol. The average Bonchev–Trinajstić information content (AvgIpc) is 2.37. The zero-order valence-electron chi connectivity index (χ0n) is 11.6. The maximum absolute atomic E-state index is 12.6. The van der Waals surface area contributed by atoms with E-state index >= 15 is 0 Å². The second-order valence-electron chi connectivity index (χ2n) is 4.41. The molecule has 0 radical (unpaired) electrons. The van der Waals surface area contributed by atoms with Crippen LogP contribution in [0.2, 0.25) is 0 Å². The molecule has 0 atom stereocenters.